The van der Waals surface area contributed by atoms with Gasteiger partial charge in [0.05, 0.1) is 6.61 Å². The van der Waals surface area contributed by atoms with Gasteiger partial charge >= 0.3 is 5.97 Å². The minimum Gasteiger partial charge on any atom is -0.494 e. The van der Waals surface area contributed by atoms with Crippen LogP contribution in [0.1, 0.15) is 38.7 Å². The van der Waals surface area contributed by atoms with Gasteiger partial charge in [-0.15, -0.1) is 0 Å². The lowest BCUT2D eigenvalue weighted by atomic mass is 10.0. The third-order valence-corrected chi connectivity index (χ3v) is 2.52. The van der Waals surface area contributed by atoms with Crippen LogP contribution in [-0.4, -0.2) is 17.7 Å². The number of rotatable bonds is 7. The van der Waals surface area contributed by atoms with Crippen molar-refractivity contribution >= 4 is 11.5 Å². The van der Waals surface area contributed by atoms with Crippen molar-refractivity contribution in [3.05, 3.63) is 35.9 Å². The van der Waals surface area contributed by atoms with Crippen molar-refractivity contribution in [1.82, 2.24) is 0 Å². The van der Waals surface area contributed by atoms with E-state index >= 15 is 0 Å². The monoisotopic (exact) mass is 248 g/mol. The van der Waals surface area contributed by atoms with Gasteiger partial charge in [-0.2, -0.15) is 0 Å². The standard InChI is InChI=1S/C15H20O3/c1-3-5-13(11-15(16)17)12-6-8-14(9-7-12)18-10-4-2/h6-9,11H,3-5,10H2,1-2H3,(H,16,17)/b13-11+. The summed E-state index contributed by atoms with van der Waals surface area (Å²) in [6.07, 6.45) is 3.95. The summed E-state index contributed by atoms with van der Waals surface area (Å²) >= 11 is 0. The van der Waals surface area contributed by atoms with E-state index in [1.54, 1.807) is 0 Å². The van der Waals surface area contributed by atoms with Crippen molar-refractivity contribution < 1.29 is 14.6 Å². The summed E-state index contributed by atoms with van der Waals surface area (Å²) in [4.78, 5) is 10.8. The highest BCUT2D eigenvalue weighted by molar-refractivity contribution is 5.90. The molecule has 3 heteroatoms. The first kappa shape index (κ1) is 14.3. The van der Waals surface area contributed by atoms with Gasteiger partial charge in [0.1, 0.15) is 5.75 Å². The third-order valence-electron chi connectivity index (χ3n) is 2.52. The molecule has 0 radical (unpaired) electrons. The number of carbonyl (C=O) groups is 1. The van der Waals surface area contributed by atoms with E-state index < -0.39 is 5.97 Å². The zero-order valence-corrected chi connectivity index (χ0v) is 11.0. The van der Waals surface area contributed by atoms with Crippen LogP contribution in [0.15, 0.2) is 30.3 Å². The van der Waals surface area contributed by atoms with Crippen LogP contribution in [0, 0.1) is 0 Å². The zero-order valence-electron chi connectivity index (χ0n) is 11.0. The molecule has 0 bridgehead atoms. The second-order valence-corrected chi connectivity index (χ2v) is 4.13. The number of carboxylic acids is 1. The van der Waals surface area contributed by atoms with Crippen LogP contribution in [0.25, 0.3) is 5.57 Å². The number of aliphatic carboxylic acids is 1. The molecule has 1 aromatic carbocycles. The summed E-state index contributed by atoms with van der Waals surface area (Å²) < 4.78 is 5.50. The molecule has 0 amide bonds. The molecule has 3 nitrogen and oxygen atoms in total. The van der Waals surface area contributed by atoms with Gasteiger partial charge in [0.25, 0.3) is 0 Å². The molecule has 1 N–H and O–H groups in total. The number of hydrogen-bond donors (Lipinski definition) is 1. The molecule has 0 heterocycles. The molecule has 0 aromatic heterocycles. The van der Waals surface area contributed by atoms with Gasteiger partial charge in [-0.3, -0.25) is 0 Å². The SMILES string of the molecule is CCCOc1ccc(/C(=C/C(=O)O)CCC)cc1. The minimum atomic E-state index is -0.898. The molecule has 1 aromatic rings. The van der Waals surface area contributed by atoms with Crippen molar-refractivity contribution in [3.8, 4) is 5.75 Å². The van der Waals surface area contributed by atoms with Crippen molar-refractivity contribution in [3.63, 3.8) is 0 Å². The predicted molar refractivity (Wildman–Crippen MR) is 72.7 cm³/mol. The summed E-state index contributed by atoms with van der Waals surface area (Å²) in [5.41, 5.74) is 1.80. The average Bonchev–Trinajstić information content (AvgIpc) is 2.36. The van der Waals surface area contributed by atoms with E-state index in [0.29, 0.717) is 6.61 Å². The first-order valence-electron chi connectivity index (χ1n) is 6.34. The van der Waals surface area contributed by atoms with E-state index in [0.717, 1.165) is 36.1 Å². The summed E-state index contributed by atoms with van der Waals surface area (Å²) in [5, 5.41) is 8.84. The van der Waals surface area contributed by atoms with Crippen molar-refractivity contribution in [2.45, 2.75) is 33.1 Å². The number of allylic oxidation sites excluding steroid dienone is 1. The summed E-state index contributed by atoms with van der Waals surface area (Å²) in [7, 11) is 0. The van der Waals surface area contributed by atoms with Gasteiger partial charge in [-0.25, -0.2) is 4.79 Å². The molecule has 0 spiro atoms. The molecular weight excluding hydrogens is 228 g/mol. The van der Waals surface area contributed by atoms with E-state index in [9.17, 15) is 4.79 Å². The van der Waals surface area contributed by atoms with Gasteiger partial charge < -0.3 is 9.84 Å². The smallest absolute Gasteiger partial charge is 0.328 e. The van der Waals surface area contributed by atoms with Gasteiger partial charge in [-0.05, 0) is 36.1 Å². The maximum Gasteiger partial charge on any atom is 0.328 e. The van der Waals surface area contributed by atoms with Crippen LogP contribution in [0.3, 0.4) is 0 Å². The molecule has 18 heavy (non-hydrogen) atoms. The van der Waals surface area contributed by atoms with Crippen LogP contribution >= 0.6 is 0 Å². The lowest BCUT2D eigenvalue weighted by molar-refractivity contribution is -0.131. The van der Waals surface area contributed by atoms with E-state index in [4.69, 9.17) is 9.84 Å². The fraction of sp³-hybridized carbons (Fsp3) is 0.400. The Hall–Kier alpha value is -1.77. The van der Waals surface area contributed by atoms with Crippen LogP contribution in [0.2, 0.25) is 0 Å². The molecule has 0 atom stereocenters. The van der Waals surface area contributed by atoms with Crippen molar-refractivity contribution in [1.29, 1.82) is 0 Å². The highest BCUT2D eigenvalue weighted by Crippen LogP contribution is 2.22. The van der Waals surface area contributed by atoms with E-state index in [-0.39, 0.29) is 0 Å². The predicted octanol–water partition coefficient (Wildman–Crippen LogP) is 3.74. The van der Waals surface area contributed by atoms with Crippen LogP contribution in [0.4, 0.5) is 0 Å². The fourth-order valence-corrected chi connectivity index (χ4v) is 1.70. The maximum absolute atomic E-state index is 10.8. The average molecular weight is 248 g/mol. The number of ether oxygens (including phenoxy) is 1. The number of benzene rings is 1. The van der Waals surface area contributed by atoms with Crippen LogP contribution in [-0.2, 0) is 4.79 Å². The van der Waals surface area contributed by atoms with Gasteiger partial charge in [0.15, 0.2) is 0 Å². The normalized spacial score (nSPS) is 11.3. The first-order valence-corrected chi connectivity index (χ1v) is 6.34. The van der Waals surface area contributed by atoms with Gasteiger partial charge in [-0.1, -0.05) is 32.4 Å². The minimum absolute atomic E-state index is 0.701. The first-order chi connectivity index (χ1) is 8.67. The fourth-order valence-electron chi connectivity index (χ4n) is 1.70. The second kappa shape index (κ2) is 7.54. The molecular formula is C15H20O3. The van der Waals surface area contributed by atoms with Crippen LogP contribution < -0.4 is 4.74 Å². The molecule has 0 saturated carbocycles. The third kappa shape index (κ3) is 4.62. The Kier molecular flexibility index (Phi) is 5.98. The topological polar surface area (TPSA) is 46.5 Å². The van der Waals surface area contributed by atoms with Crippen molar-refractivity contribution in [2.75, 3.05) is 6.61 Å². The lowest BCUT2D eigenvalue weighted by Crippen LogP contribution is -1.96. The molecule has 0 saturated heterocycles. The Morgan fingerprint density at radius 2 is 1.89 bits per heavy atom. The molecule has 98 valence electrons. The Balaban J connectivity index is 2.83. The Labute approximate surface area is 108 Å². The highest BCUT2D eigenvalue weighted by atomic mass is 16.5. The molecule has 0 aliphatic heterocycles. The number of hydrogen-bond acceptors (Lipinski definition) is 2. The quantitative estimate of drug-likeness (QED) is 0.748. The lowest BCUT2D eigenvalue weighted by Gasteiger charge is -2.08. The second-order valence-electron chi connectivity index (χ2n) is 4.13. The van der Waals surface area contributed by atoms with E-state index in [1.807, 2.05) is 31.2 Å². The molecule has 0 fully saturated rings. The maximum atomic E-state index is 10.8. The van der Waals surface area contributed by atoms with Crippen LogP contribution in [0.5, 0.6) is 5.75 Å². The largest absolute Gasteiger partial charge is 0.494 e. The Bertz CT molecular complexity index is 404. The summed E-state index contributed by atoms with van der Waals surface area (Å²) in [6, 6.07) is 7.59. The number of carboxylic acid groups (broad SMARTS) is 1. The van der Waals surface area contributed by atoms with Gasteiger partial charge in [0.2, 0.25) is 0 Å². The Morgan fingerprint density at radius 1 is 1.22 bits per heavy atom. The zero-order chi connectivity index (χ0) is 13.4. The molecule has 0 aliphatic rings. The molecule has 0 aliphatic carbocycles. The highest BCUT2D eigenvalue weighted by Gasteiger charge is 2.04. The molecule has 1 rings (SSSR count). The van der Waals surface area contributed by atoms with E-state index in [1.165, 1.54) is 6.08 Å². The van der Waals surface area contributed by atoms with E-state index in [2.05, 4.69) is 6.92 Å². The van der Waals surface area contributed by atoms with Crippen molar-refractivity contribution in [2.24, 2.45) is 0 Å². The van der Waals surface area contributed by atoms with Gasteiger partial charge in [0, 0.05) is 6.08 Å². The Morgan fingerprint density at radius 3 is 2.39 bits per heavy atom. The summed E-state index contributed by atoms with van der Waals surface area (Å²) in [6.45, 7) is 4.80. The molecule has 0 unspecified atom stereocenters. The summed E-state index contributed by atoms with van der Waals surface area (Å²) in [5.74, 6) is -0.0727.